The maximum atomic E-state index is 5.78. The number of nitrogens with one attached hydrogen (secondary N) is 1. The molecule has 0 saturated carbocycles. The van der Waals surface area contributed by atoms with Crippen LogP contribution in [0, 0.1) is 11.3 Å². The number of hydrogen-bond acceptors (Lipinski definition) is 3. The third-order valence-corrected chi connectivity index (χ3v) is 4.39. The number of rotatable bonds is 4. The molecule has 2 unspecified atom stereocenters. The fourth-order valence-electron chi connectivity index (χ4n) is 2.51. The SMILES string of the molecule is CC(CC(NN)c1cccc2c1OCC2)C(C)(C)C. The van der Waals surface area contributed by atoms with Gasteiger partial charge in [0.25, 0.3) is 0 Å². The van der Waals surface area contributed by atoms with Crippen LogP contribution in [-0.4, -0.2) is 6.61 Å². The summed E-state index contributed by atoms with van der Waals surface area (Å²) >= 11 is 0. The lowest BCUT2D eigenvalue weighted by molar-refractivity contribution is 0.222. The summed E-state index contributed by atoms with van der Waals surface area (Å²) in [5.74, 6) is 7.41. The van der Waals surface area contributed by atoms with Crippen molar-refractivity contribution in [1.29, 1.82) is 0 Å². The van der Waals surface area contributed by atoms with Crippen LogP contribution in [0.2, 0.25) is 0 Å². The number of hydrogen-bond donors (Lipinski definition) is 2. The first-order valence-corrected chi connectivity index (χ1v) is 7.14. The van der Waals surface area contributed by atoms with Crippen molar-refractivity contribution in [1.82, 2.24) is 5.43 Å². The second kappa shape index (κ2) is 5.51. The summed E-state index contributed by atoms with van der Waals surface area (Å²) in [7, 11) is 0. The second-order valence-electron chi connectivity index (χ2n) is 6.66. The summed E-state index contributed by atoms with van der Waals surface area (Å²) in [4.78, 5) is 0. The molecule has 19 heavy (non-hydrogen) atoms. The van der Waals surface area contributed by atoms with Gasteiger partial charge in [-0.1, -0.05) is 45.9 Å². The number of para-hydroxylation sites is 1. The highest BCUT2D eigenvalue weighted by atomic mass is 16.5. The van der Waals surface area contributed by atoms with Gasteiger partial charge in [0.05, 0.1) is 6.61 Å². The Kier molecular flexibility index (Phi) is 4.16. The summed E-state index contributed by atoms with van der Waals surface area (Å²) in [5, 5.41) is 0. The first-order valence-electron chi connectivity index (χ1n) is 7.14. The standard InChI is InChI=1S/C16H26N2O/c1-11(16(2,3)4)10-14(18-17)13-7-5-6-12-8-9-19-15(12)13/h5-7,11,14,18H,8-10,17H2,1-4H3. The quantitative estimate of drug-likeness (QED) is 0.647. The molecule has 1 aliphatic heterocycles. The summed E-state index contributed by atoms with van der Waals surface area (Å²) < 4.78 is 5.78. The van der Waals surface area contributed by atoms with E-state index in [-0.39, 0.29) is 11.5 Å². The number of nitrogens with two attached hydrogens (primary N) is 1. The van der Waals surface area contributed by atoms with Crippen molar-refractivity contribution in [3.05, 3.63) is 29.3 Å². The highest BCUT2D eigenvalue weighted by Gasteiger charge is 2.27. The Hall–Kier alpha value is -1.06. The predicted molar refractivity (Wildman–Crippen MR) is 78.9 cm³/mol. The van der Waals surface area contributed by atoms with Crippen LogP contribution < -0.4 is 16.0 Å². The molecule has 3 nitrogen and oxygen atoms in total. The lowest BCUT2D eigenvalue weighted by Gasteiger charge is -2.31. The predicted octanol–water partition coefficient (Wildman–Crippen LogP) is 3.20. The van der Waals surface area contributed by atoms with Gasteiger partial charge in [-0.05, 0) is 23.3 Å². The molecule has 2 rings (SSSR count). The van der Waals surface area contributed by atoms with Crippen LogP contribution in [0.25, 0.3) is 0 Å². The van der Waals surface area contributed by atoms with E-state index in [9.17, 15) is 0 Å². The van der Waals surface area contributed by atoms with Gasteiger partial charge in [0.1, 0.15) is 5.75 Å². The molecule has 0 radical (unpaired) electrons. The van der Waals surface area contributed by atoms with Crippen molar-refractivity contribution in [3.63, 3.8) is 0 Å². The maximum absolute atomic E-state index is 5.78. The Morgan fingerprint density at radius 2 is 2.11 bits per heavy atom. The number of benzene rings is 1. The van der Waals surface area contributed by atoms with Crippen LogP contribution in [0.15, 0.2) is 18.2 Å². The van der Waals surface area contributed by atoms with Crippen molar-refractivity contribution >= 4 is 0 Å². The minimum absolute atomic E-state index is 0.155. The van der Waals surface area contributed by atoms with E-state index in [1.54, 1.807) is 0 Å². The number of fused-ring (bicyclic) bond motifs is 1. The van der Waals surface area contributed by atoms with Gasteiger partial charge in [0, 0.05) is 18.0 Å². The normalized spacial score (nSPS) is 17.7. The van der Waals surface area contributed by atoms with Crippen LogP contribution in [0.5, 0.6) is 5.75 Å². The van der Waals surface area contributed by atoms with E-state index in [1.807, 2.05) is 0 Å². The molecular formula is C16H26N2O. The van der Waals surface area contributed by atoms with E-state index in [1.165, 1.54) is 11.1 Å². The Morgan fingerprint density at radius 1 is 1.37 bits per heavy atom. The molecule has 1 aliphatic rings. The highest BCUT2D eigenvalue weighted by molar-refractivity contribution is 5.45. The van der Waals surface area contributed by atoms with Gasteiger partial charge >= 0.3 is 0 Å². The topological polar surface area (TPSA) is 47.3 Å². The van der Waals surface area contributed by atoms with E-state index in [2.05, 4.69) is 51.3 Å². The van der Waals surface area contributed by atoms with Crippen molar-refractivity contribution in [3.8, 4) is 5.75 Å². The molecule has 0 spiro atoms. The second-order valence-corrected chi connectivity index (χ2v) is 6.66. The first kappa shape index (κ1) is 14.4. The van der Waals surface area contributed by atoms with E-state index in [0.29, 0.717) is 5.92 Å². The molecule has 3 heteroatoms. The molecule has 1 aromatic rings. The average molecular weight is 262 g/mol. The molecule has 0 amide bonds. The van der Waals surface area contributed by atoms with E-state index in [0.717, 1.165) is 25.2 Å². The fraction of sp³-hybridized carbons (Fsp3) is 0.625. The molecule has 0 saturated heterocycles. The fourth-order valence-corrected chi connectivity index (χ4v) is 2.51. The molecule has 3 N–H and O–H groups in total. The maximum Gasteiger partial charge on any atom is 0.127 e. The molecular weight excluding hydrogens is 236 g/mol. The lowest BCUT2D eigenvalue weighted by atomic mass is 9.77. The molecule has 0 fully saturated rings. The number of hydrazine groups is 1. The Bertz CT molecular complexity index is 437. The first-order chi connectivity index (χ1) is 8.93. The van der Waals surface area contributed by atoms with Crippen molar-refractivity contribution in [2.24, 2.45) is 17.2 Å². The number of ether oxygens (including phenoxy) is 1. The molecule has 106 valence electrons. The van der Waals surface area contributed by atoms with Crippen molar-refractivity contribution in [2.45, 2.75) is 46.6 Å². The smallest absolute Gasteiger partial charge is 0.127 e. The molecule has 0 aromatic heterocycles. The Balaban J connectivity index is 2.21. The van der Waals surface area contributed by atoms with Crippen LogP contribution in [0.1, 0.15) is 51.3 Å². The monoisotopic (exact) mass is 262 g/mol. The van der Waals surface area contributed by atoms with Gasteiger partial charge in [0.15, 0.2) is 0 Å². The van der Waals surface area contributed by atoms with E-state index >= 15 is 0 Å². The van der Waals surface area contributed by atoms with E-state index < -0.39 is 0 Å². The van der Waals surface area contributed by atoms with Gasteiger partial charge in [-0.25, -0.2) is 0 Å². The Labute approximate surface area is 116 Å². The third kappa shape index (κ3) is 3.10. The lowest BCUT2D eigenvalue weighted by Crippen LogP contribution is -2.32. The van der Waals surface area contributed by atoms with Crippen LogP contribution in [0.3, 0.4) is 0 Å². The van der Waals surface area contributed by atoms with Gasteiger partial charge in [0.2, 0.25) is 0 Å². The summed E-state index contributed by atoms with van der Waals surface area (Å²) in [6, 6.07) is 6.54. The van der Waals surface area contributed by atoms with Crippen LogP contribution >= 0.6 is 0 Å². The largest absolute Gasteiger partial charge is 0.493 e. The average Bonchev–Trinajstić information content (AvgIpc) is 2.82. The minimum atomic E-state index is 0.155. The zero-order valence-corrected chi connectivity index (χ0v) is 12.5. The molecule has 0 bridgehead atoms. The zero-order chi connectivity index (χ0) is 14.0. The van der Waals surface area contributed by atoms with Gasteiger partial charge in [-0.3, -0.25) is 11.3 Å². The van der Waals surface area contributed by atoms with Crippen LogP contribution in [-0.2, 0) is 6.42 Å². The van der Waals surface area contributed by atoms with E-state index in [4.69, 9.17) is 10.6 Å². The summed E-state index contributed by atoms with van der Waals surface area (Å²) in [6.45, 7) is 9.90. The molecule has 1 aromatic carbocycles. The van der Waals surface area contributed by atoms with Crippen LogP contribution in [0.4, 0.5) is 0 Å². The summed E-state index contributed by atoms with van der Waals surface area (Å²) in [5.41, 5.74) is 5.77. The van der Waals surface area contributed by atoms with Crippen molar-refractivity contribution in [2.75, 3.05) is 6.61 Å². The minimum Gasteiger partial charge on any atom is -0.493 e. The van der Waals surface area contributed by atoms with Gasteiger partial charge in [-0.2, -0.15) is 0 Å². The van der Waals surface area contributed by atoms with Gasteiger partial charge in [-0.15, -0.1) is 0 Å². The molecule has 1 heterocycles. The third-order valence-electron chi connectivity index (χ3n) is 4.39. The highest BCUT2D eigenvalue weighted by Crippen LogP contribution is 2.38. The summed E-state index contributed by atoms with van der Waals surface area (Å²) in [6.07, 6.45) is 2.02. The molecule has 0 aliphatic carbocycles. The van der Waals surface area contributed by atoms with Crippen molar-refractivity contribution < 1.29 is 4.74 Å². The van der Waals surface area contributed by atoms with Gasteiger partial charge < -0.3 is 4.74 Å². The Morgan fingerprint density at radius 3 is 2.74 bits per heavy atom. The zero-order valence-electron chi connectivity index (χ0n) is 12.5. The molecule has 2 atom stereocenters.